The van der Waals surface area contributed by atoms with Crippen LogP contribution in [0.25, 0.3) is 0 Å². The van der Waals surface area contributed by atoms with Crippen LogP contribution in [-0.2, 0) is 19.1 Å². The first-order valence-corrected chi connectivity index (χ1v) is 17.8. The molecule has 0 fully saturated rings. The Morgan fingerprint density at radius 1 is 0.545 bits per heavy atom. The van der Waals surface area contributed by atoms with Crippen molar-refractivity contribution in [3.05, 3.63) is 60.8 Å². The fourth-order valence-electron chi connectivity index (χ4n) is 4.64. The van der Waals surface area contributed by atoms with Crippen LogP contribution in [0.1, 0.15) is 155 Å². The van der Waals surface area contributed by atoms with Crippen LogP contribution in [0.4, 0.5) is 0 Å². The van der Waals surface area contributed by atoms with Gasteiger partial charge in [0.1, 0.15) is 6.61 Å². The van der Waals surface area contributed by atoms with Crippen LogP contribution in [0, 0.1) is 0 Å². The van der Waals surface area contributed by atoms with Gasteiger partial charge in [-0.3, -0.25) is 9.59 Å². The van der Waals surface area contributed by atoms with Gasteiger partial charge in [0.15, 0.2) is 6.10 Å². The number of hydrogen-bond donors (Lipinski definition) is 1. The third-order valence-electron chi connectivity index (χ3n) is 7.33. The third kappa shape index (κ3) is 32.5. The Balaban J connectivity index is 3.68. The van der Waals surface area contributed by atoms with Crippen molar-refractivity contribution in [3.8, 4) is 0 Å². The molecular weight excluding hydrogens is 548 g/mol. The minimum absolute atomic E-state index is 0.0802. The molecule has 0 aromatic carbocycles. The lowest BCUT2D eigenvalue weighted by molar-refractivity contribution is -0.161. The fourth-order valence-corrected chi connectivity index (χ4v) is 4.64. The molecule has 0 bridgehead atoms. The highest BCUT2D eigenvalue weighted by Crippen LogP contribution is 2.12. The topological polar surface area (TPSA) is 72.8 Å². The van der Waals surface area contributed by atoms with Gasteiger partial charge < -0.3 is 14.6 Å². The van der Waals surface area contributed by atoms with E-state index in [1.165, 1.54) is 51.4 Å². The van der Waals surface area contributed by atoms with Crippen molar-refractivity contribution in [3.63, 3.8) is 0 Å². The highest BCUT2D eigenvalue weighted by molar-refractivity contribution is 5.70. The van der Waals surface area contributed by atoms with E-state index in [1.54, 1.807) is 0 Å². The molecule has 0 unspecified atom stereocenters. The molecule has 5 heteroatoms. The number of unbranched alkanes of at least 4 members (excludes halogenated alkanes) is 13. The van der Waals surface area contributed by atoms with Crippen molar-refractivity contribution in [2.75, 3.05) is 13.2 Å². The summed E-state index contributed by atoms with van der Waals surface area (Å²) in [7, 11) is 0. The molecule has 0 amide bonds. The summed E-state index contributed by atoms with van der Waals surface area (Å²) in [6.45, 7) is 3.97. The Kier molecular flexibility index (Phi) is 33.2. The lowest BCUT2D eigenvalue weighted by atomic mass is 10.1. The Bertz CT molecular complexity index is 792. The average molecular weight is 615 g/mol. The van der Waals surface area contributed by atoms with Crippen molar-refractivity contribution in [2.24, 2.45) is 0 Å². The van der Waals surface area contributed by atoms with E-state index < -0.39 is 6.10 Å². The van der Waals surface area contributed by atoms with Crippen LogP contribution < -0.4 is 0 Å². The summed E-state index contributed by atoms with van der Waals surface area (Å²) in [5.74, 6) is -0.634. The molecule has 1 N–H and O–H groups in total. The number of carbonyl (C=O) groups excluding carboxylic acids is 2. The lowest BCUT2D eigenvalue weighted by Gasteiger charge is -2.15. The van der Waals surface area contributed by atoms with E-state index in [-0.39, 0.29) is 25.2 Å². The highest BCUT2D eigenvalue weighted by atomic mass is 16.6. The molecular formula is C39H66O5. The monoisotopic (exact) mass is 614 g/mol. The van der Waals surface area contributed by atoms with Crippen LogP contribution in [0.3, 0.4) is 0 Å². The molecule has 0 saturated heterocycles. The molecule has 252 valence electrons. The van der Waals surface area contributed by atoms with Gasteiger partial charge in [0.25, 0.3) is 0 Å². The van der Waals surface area contributed by atoms with Gasteiger partial charge >= 0.3 is 11.9 Å². The summed E-state index contributed by atoms with van der Waals surface area (Å²) >= 11 is 0. The van der Waals surface area contributed by atoms with Gasteiger partial charge in [-0.25, -0.2) is 0 Å². The van der Waals surface area contributed by atoms with Crippen molar-refractivity contribution in [1.82, 2.24) is 0 Å². The molecule has 0 aromatic rings. The van der Waals surface area contributed by atoms with Crippen LogP contribution >= 0.6 is 0 Å². The van der Waals surface area contributed by atoms with E-state index in [0.29, 0.717) is 12.8 Å². The zero-order chi connectivity index (χ0) is 32.2. The molecule has 0 aliphatic heterocycles. The number of aliphatic hydroxyl groups excluding tert-OH is 1. The highest BCUT2D eigenvalue weighted by Gasteiger charge is 2.16. The van der Waals surface area contributed by atoms with Crippen molar-refractivity contribution < 1.29 is 24.2 Å². The minimum Gasteiger partial charge on any atom is -0.462 e. The predicted octanol–water partition coefficient (Wildman–Crippen LogP) is 10.8. The molecule has 1 atom stereocenters. The first-order valence-electron chi connectivity index (χ1n) is 17.8. The van der Waals surface area contributed by atoms with E-state index in [1.807, 2.05) is 0 Å². The Hall–Kier alpha value is -2.40. The van der Waals surface area contributed by atoms with E-state index in [4.69, 9.17) is 9.47 Å². The van der Waals surface area contributed by atoms with Crippen molar-refractivity contribution in [1.29, 1.82) is 0 Å². The minimum atomic E-state index is -0.787. The number of carbonyl (C=O) groups is 2. The molecule has 5 nitrogen and oxygen atoms in total. The summed E-state index contributed by atoms with van der Waals surface area (Å²) in [4.78, 5) is 24.1. The van der Waals surface area contributed by atoms with Gasteiger partial charge in [0, 0.05) is 12.8 Å². The maximum Gasteiger partial charge on any atom is 0.306 e. The van der Waals surface area contributed by atoms with E-state index >= 15 is 0 Å². The van der Waals surface area contributed by atoms with Crippen molar-refractivity contribution in [2.45, 2.75) is 161 Å². The summed E-state index contributed by atoms with van der Waals surface area (Å²) in [5, 5.41) is 9.51. The molecule has 0 aliphatic carbocycles. The largest absolute Gasteiger partial charge is 0.462 e. The summed E-state index contributed by atoms with van der Waals surface area (Å²) in [6, 6.07) is 0. The zero-order valence-corrected chi connectivity index (χ0v) is 28.4. The molecule has 0 saturated carbocycles. The molecule has 0 radical (unpaired) electrons. The predicted molar refractivity (Wildman–Crippen MR) is 187 cm³/mol. The van der Waals surface area contributed by atoms with Crippen LogP contribution in [0.15, 0.2) is 60.8 Å². The Morgan fingerprint density at radius 3 is 1.48 bits per heavy atom. The summed E-state index contributed by atoms with van der Waals surface area (Å²) < 4.78 is 10.5. The number of esters is 2. The quantitative estimate of drug-likeness (QED) is 0.0478. The van der Waals surface area contributed by atoms with Gasteiger partial charge in [-0.1, -0.05) is 145 Å². The summed E-state index contributed by atoms with van der Waals surface area (Å²) in [5.41, 5.74) is 0. The standard InChI is InChI=1S/C39H66O5/c1-3-5-7-9-11-13-15-16-17-18-19-20-21-22-24-26-28-30-32-34-39(42)44-37(35-40)36-43-38(41)33-31-29-27-25-23-14-12-10-8-6-4-2/h5,7,11,13,16-17,19-20,22,24,37,40H,3-4,6,8-10,12,14-15,18,21,23,25-36H2,1-2H3/t37-/m0/s1. The maximum atomic E-state index is 12.1. The molecule has 0 aromatic heterocycles. The maximum absolute atomic E-state index is 12.1. The molecule has 0 rings (SSSR count). The van der Waals surface area contributed by atoms with Gasteiger partial charge in [-0.15, -0.1) is 0 Å². The van der Waals surface area contributed by atoms with Crippen molar-refractivity contribution >= 4 is 11.9 Å². The third-order valence-corrected chi connectivity index (χ3v) is 7.33. The summed E-state index contributed by atoms with van der Waals surface area (Å²) in [6.07, 6.45) is 44.2. The van der Waals surface area contributed by atoms with Crippen LogP contribution in [0.5, 0.6) is 0 Å². The van der Waals surface area contributed by atoms with Gasteiger partial charge in [-0.2, -0.15) is 0 Å². The zero-order valence-electron chi connectivity index (χ0n) is 28.4. The molecule has 44 heavy (non-hydrogen) atoms. The Labute approximate surface area is 271 Å². The first kappa shape index (κ1) is 41.6. The number of rotatable bonds is 31. The number of ether oxygens (including phenoxy) is 2. The second kappa shape index (κ2) is 35.1. The van der Waals surface area contributed by atoms with Crippen LogP contribution in [-0.4, -0.2) is 36.4 Å². The SMILES string of the molecule is CCC=CCC=CCC=CCC=CCC=CCCCCCC(=O)O[C@@H](CO)COC(=O)CCCCCCCCCCCCC. The van der Waals surface area contributed by atoms with E-state index in [9.17, 15) is 14.7 Å². The fraction of sp³-hybridized carbons (Fsp3) is 0.692. The molecule has 0 heterocycles. The van der Waals surface area contributed by atoms with Gasteiger partial charge in [-0.05, 0) is 57.8 Å². The second-order valence-corrected chi connectivity index (χ2v) is 11.6. The smallest absolute Gasteiger partial charge is 0.306 e. The average Bonchev–Trinajstić information content (AvgIpc) is 3.02. The molecule has 0 aliphatic rings. The van der Waals surface area contributed by atoms with Gasteiger partial charge in [0.05, 0.1) is 6.61 Å². The molecule has 0 spiro atoms. The first-order chi connectivity index (χ1) is 21.6. The van der Waals surface area contributed by atoms with Gasteiger partial charge in [0.2, 0.25) is 0 Å². The van der Waals surface area contributed by atoms with Crippen LogP contribution in [0.2, 0.25) is 0 Å². The second-order valence-electron chi connectivity index (χ2n) is 11.6. The normalized spacial score (nSPS) is 12.9. The number of hydrogen-bond acceptors (Lipinski definition) is 5. The lowest BCUT2D eigenvalue weighted by Crippen LogP contribution is -2.28. The number of allylic oxidation sites excluding steroid dienone is 10. The number of aliphatic hydroxyl groups is 1. The Morgan fingerprint density at radius 2 is 0.977 bits per heavy atom. The van der Waals surface area contributed by atoms with E-state index in [2.05, 4.69) is 74.6 Å². The van der Waals surface area contributed by atoms with E-state index in [0.717, 1.165) is 77.0 Å².